The number of nitrogens with two attached hydrogens (primary N) is 1. The molecule has 4 N–H and O–H groups in total. The highest BCUT2D eigenvalue weighted by atomic mass is 16.4. The summed E-state index contributed by atoms with van der Waals surface area (Å²) < 4.78 is 0. The molecule has 1 aliphatic heterocycles. The van der Waals surface area contributed by atoms with Gasteiger partial charge in [0, 0.05) is 25.6 Å². The molecule has 82 valence electrons. The van der Waals surface area contributed by atoms with Crippen LogP contribution < -0.4 is 5.73 Å². The van der Waals surface area contributed by atoms with Gasteiger partial charge in [0.25, 0.3) is 0 Å². The van der Waals surface area contributed by atoms with Gasteiger partial charge in [0.05, 0.1) is 6.10 Å². The molecule has 0 aromatic carbocycles. The number of amidine groups is 1. The first-order valence-electron chi connectivity index (χ1n) is 5.02. The fraction of sp³-hybridized carbons (Fsp3) is 0.889. The molecule has 14 heavy (non-hydrogen) atoms. The Hall–Kier alpha value is -0.810. The molecule has 1 rings (SSSR count). The van der Waals surface area contributed by atoms with E-state index in [0.717, 1.165) is 25.9 Å². The molecular formula is C9H19N3O2. The van der Waals surface area contributed by atoms with Crippen molar-refractivity contribution in [2.45, 2.75) is 38.3 Å². The Labute approximate surface area is 84.2 Å². The van der Waals surface area contributed by atoms with Crippen molar-refractivity contribution < 1.29 is 10.3 Å². The van der Waals surface area contributed by atoms with E-state index in [1.54, 1.807) is 0 Å². The first-order valence-corrected chi connectivity index (χ1v) is 5.02. The van der Waals surface area contributed by atoms with Gasteiger partial charge in [-0.05, 0) is 19.8 Å². The number of piperidine rings is 1. The predicted octanol–water partition coefficient (Wildman–Crippen LogP) is -0.0319. The third kappa shape index (κ3) is 3.16. The van der Waals surface area contributed by atoms with E-state index in [0.29, 0.717) is 6.42 Å². The molecule has 0 spiro atoms. The number of hydrogen-bond acceptors (Lipinski definition) is 4. The lowest BCUT2D eigenvalue weighted by atomic mass is 10.0. The van der Waals surface area contributed by atoms with E-state index in [1.807, 2.05) is 0 Å². The van der Waals surface area contributed by atoms with Crippen LogP contribution in [-0.4, -0.2) is 46.3 Å². The van der Waals surface area contributed by atoms with Crippen LogP contribution in [0, 0.1) is 0 Å². The van der Waals surface area contributed by atoms with E-state index in [2.05, 4.69) is 17.0 Å². The lowest BCUT2D eigenvalue weighted by molar-refractivity contribution is 0.0660. The van der Waals surface area contributed by atoms with Gasteiger partial charge in [-0.15, -0.1) is 0 Å². The highest BCUT2D eigenvalue weighted by molar-refractivity contribution is 5.80. The standard InChI is InChI=1S/C9H19N3O2/c1-7(6-9(10)11-14)12-4-2-8(13)3-5-12/h7-8,13-14H,2-6H2,1H3,(H2,10,11). The van der Waals surface area contributed by atoms with E-state index < -0.39 is 0 Å². The molecule has 1 atom stereocenters. The number of aliphatic hydroxyl groups excluding tert-OH is 1. The summed E-state index contributed by atoms with van der Waals surface area (Å²) in [5.74, 6) is 0.267. The largest absolute Gasteiger partial charge is 0.409 e. The Bertz CT molecular complexity index is 200. The average Bonchev–Trinajstić information content (AvgIpc) is 2.18. The highest BCUT2D eigenvalue weighted by Crippen LogP contribution is 2.14. The van der Waals surface area contributed by atoms with Crippen LogP contribution in [0.15, 0.2) is 5.16 Å². The van der Waals surface area contributed by atoms with Gasteiger partial charge in [-0.2, -0.15) is 0 Å². The summed E-state index contributed by atoms with van der Waals surface area (Å²) in [5, 5.41) is 20.7. The second-order valence-electron chi connectivity index (χ2n) is 3.91. The van der Waals surface area contributed by atoms with E-state index in [4.69, 9.17) is 10.9 Å². The Kier molecular flexibility index (Phi) is 4.16. The summed E-state index contributed by atoms with van der Waals surface area (Å²) >= 11 is 0. The van der Waals surface area contributed by atoms with Crippen molar-refractivity contribution in [2.75, 3.05) is 13.1 Å². The van der Waals surface area contributed by atoms with Gasteiger partial charge in [-0.25, -0.2) is 0 Å². The third-order valence-corrected chi connectivity index (χ3v) is 2.76. The SMILES string of the molecule is CC(C/C(N)=N/O)N1CCC(O)CC1. The summed E-state index contributed by atoms with van der Waals surface area (Å²) in [6.45, 7) is 3.83. The Morgan fingerprint density at radius 2 is 2.14 bits per heavy atom. The minimum Gasteiger partial charge on any atom is -0.409 e. The van der Waals surface area contributed by atoms with Crippen molar-refractivity contribution >= 4 is 5.84 Å². The maximum absolute atomic E-state index is 9.32. The third-order valence-electron chi connectivity index (χ3n) is 2.76. The Morgan fingerprint density at radius 3 is 2.64 bits per heavy atom. The van der Waals surface area contributed by atoms with Crippen molar-refractivity contribution in [3.63, 3.8) is 0 Å². The summed E-state index contributed by atoms with van der Waals surface area (Å²) in [6.07, 6.45) is 2.07. The van der Waals surface area contributed by atoms with Gasteiger partial charge in [-0.1, -0.05) is 5.16 Å². The monoisotopic (exact) mass is 201 g/mol. The van der Waals surface area contributed by atoms with Crippen molar-refractivity contribution in [1.29, 1.82) is 0 Å². The molecular weight excluding hydrogens is 182 g/mol. The number of rotatable bonds is 3. The van der Waals surface area contributed by atoms with Crippen LogP contribution in [0.1, 0.15) is 26.2 Å². The molecule has 0 bridgehead atoms. The van der Waals surface area contributed by atoms with Gasteiger partial charge in [0.1, 0.15) is 5.84 Å². The summed E-state index contributed by atoms with van der Waals surface area (Å²) in [6, 6.07) is 0.276. The molecule has 0 amide bonds. The number of oxime groups is 1. The smallest absolute Gasteiger partial charge is 0.140 e. The zero-order valence-electron chi connectivity index (χ0n) is 8.56. The fourth-order valence-electron chi connectivity index (χ4n) is 1.80. The van der Waals surface area contributed by atoms with Crippen molar-refractivity contribution in [3.8, 4) is 0 Å². The first-order chi connectivity index (χ1) is 6.63. The summed E-state index contributed by atoms with van der Waals surface area (Å²) in [7, 11) is 0. The zero-order chi connectivity index (χ0) is 10.6. The summed E-state index contributed by atoms with van der Waals surface area (Å²) in [5.41, 5.74) is 5.43. The number of likely N-dealkylation sites (tertiary alicyclic amines) is 1. The zero-order valence-corrected chi connectivity index (χ0v) is 8.56. The maximum atomic E-state index is 9.32. The van der Waals surface area contributed by atoms with Crippen molar-refractivity contribution in [2.24, 2.45) is 10.9 Å². The van der Waals surface area contributed by atoms with Gasteiger partial charge < -0.3 is 20.9 Å². The lowest BCUT2D eigenvalue weighted by Crippen LogP contribution is -2.43. The average molecular weight is 201 g/mol. The van der Waals surface area contributed by atoms with Crippen LogP contribution in [0.2, 0.25) is 0 Å². The van der Waals surface area contributed by atoms with E-state index in [-0.39, 0.29) is 18.0 Å². The van der Waals surface area contributed by atoms with Crippen LogP contribution in [0.4, 0.5) is 0 Å². The molecule has 1 heterocycles. The van der Waals surface area contributed by atoms with Crippen molar-refractivity contribution in [1.82, 2.24) is 4.90 Å². The van der Waals surface area contributed by atoms with Gasteiger partial charge in [0.15, 0.2) is 0 Å². The quantitative estimate of drug-likeness (QED) is 0.259. The molecule has 5 heteroatoms. The molecule has 0 saturated carbocycles. The van der Waals surface area contributed by atoms with E-state index in [9.17, 15) is 5.11 Å². The van der Waals surface area contributed by atoms with Gasteiger partial charge in [0.2, 0.25) is 0 Å². The van der Waals surface area contributed by atoms with Gasteiger partial charge in [-0.3, -0.25) is 0 Å². The summed E-state index contributed by atoms with van der Waals surface area (Å²) in [4.78, 5) is 2.25. The fourth-order valence-corrected chi connectivity index (χ4v) is 1.80. The molecule has 0 radical (unpaired) electrons. The molecule has 1 saturated heterocycles. The Morgan fingerprint density at radius 1 is 1.57 bits per heavy atom. The van der Waals surface area contributed by atoms with E-state index >= 15 is 0 Å². The molecule has 0 aromatic heterocycles. The predicted molar refractivity (Wildman–Crippen MR) is 54.3 cm³/mol. The lowest BCUT2D eigenvalue weighted by Gasteiger charge is -2.34. The van der Waals surface area contributed by atoms with Gasteiger partial charge >= 0.3 is 0 Å². The second-order valence-corrected chi connectivity index (χ2v) is 3.91. The molecule has 1 fully saturated rings. The van der Waals surface area contributed by atoms with Crippen molar-refractivity contribution in [3.05, 3.63) is 0 Å². The molecule has 5 nitrogen and oxygen atoms in total. The minimum absolute atomic E-state index is 0.151. The first kappa shape index (κ1) is 11.3. The van der Waals surface area contributed by atoms with Crippen LogP contribution >= 0.6 is 0 Å². The minimum atomic E-state index is -0.151. The second kappa shape index (κ2) is 5.17. The Balaban J connectivity index is 2.34. The normalized spacial score (nSPS) is 23.7. The molecule has 1 aliphatic rings. The number of aliphatic hydroxyl groups is 1. The van der Waals surface area contributed by atoms with Crippen LogP contribution in [0.5, 0.6) is 0 Å². The molecule has 0 aromatic rings. The van der Waals surface area contributed by atoms with Crippen LogP contribution in [0.25, 0.3) is 0 Å². The number of hydrogen-bond donors (Lipinski definition) is 3. The van der Waals surface area contributed by atoms with Crippen LogP contribution in [0.3, 0.4) is 0 Å². The number of nitrogens with zero attached hydrogens (tertiary/aromatic N) is 2. The van der Waals surface area contributed by atoms with E-state index in [1.165, 1.54) is 0 Å². The molecule has 0 aliphatic carbocycles. The molecule has 1 unspecified atom stereocenters. The topological polar surface area (TPSA) is 82.1 Å². The maximum Gasteiger partial charge on any atom is 0.140 e. The van der Waals surface area contributed by atoms with Crippen LogP contribution in [-0.2, 0) is 0 Å². The highest BCUT2D eigenvalue weighted by Gasteiger charge is 2.21.